The summed E-state index contributed by atoms with van der Waals surface area (Å²) in [5.74, 6) is 0.419. The zero-order valence-electron chi connectivity index (χ0n) is 11.6. The lowest BCUT2D eigenvalue weighted by Gasteiger charge is -2.09. The zero-order valence-corrected chi connectivity index (χ0v) is 11.6. The van der Waals surface area contributed by atoms with Crippen molar-refractivity contribution in [3.05, 3.63) is 65.2 Å². The summed E-state index contributed by atoms with van der Waals surface area (Å²) in [7, 11) is 1.88. The summed E-state index contributed by atoms with van der Waals surface area (Å²) in [6.45, 7) is 1.12. The maximum absolute atomic E-state index is 12.4. The van der Waals surface area contributed by atoms with Gasteiger partial charge in [-0.05, 0) is 42.4 Å². The Labute approximate surface area is 121 Å². The number of hydrogen-bond acceptors (Lipinski definition) is 2. The molecule has 1 N–H and O–H groups in total. The molecule has 112 valence electrons. The largest absolute Gasteiger partial charge is 0.489 e. The monoisotopic (exact) mass is 295 g/mol. The number of benzene rings is 2. The van der Waals surface area contributed by atoms with E-state index in [-0.39, 0.29) is 0 Å². The quantitative estimate of drug-likeness (QED) is 0.900. The van der Waals surface area contributed by atoms with Crippen LogP contribution in [-0.2, 0) is 19.3 Å². The first-order valence-corrected chi connectivity index (χ1v) is 6.51. The lowest BCUT2D eigenvalue weighted by Crippen LogP contribution is -2.05. The lowest BCUT2D eigenvalue weighted by molar-refractivity contribution is -0.137. The lowest BCUT2D eigenvalue weighted by atomic mass is 10.1. The van der Waals surface area contributed by atoms with Crippen LogP contribution in [-0.4, -0.2) is 7.05 Å². The molecule has 2 nitrogen and oxygen atoms in total. The number of alkyl halides is 3. The predicted molar refractivity (Wildman–Crippen MR) is 75.0 cm³/mol. The number of ether oxygens (including phenoxy) is 1. The van der Waals surface area contributed by atoms with Gasteiger partial charge in [-0.3, -0.25) is 0 Å². The van der Waals surface area contributed by atoms with Crippen molar-refractivity contribution >= 4 is 0 Å². The van der Waals surface area contributed by atoms with Gasteiger partial charge in [0.15, 0.2) is 0 Å². The van der Waals surface area contributed by atoms with Crippen molar-refractivity contribution in [1.29, 1.82) is 0 Å². The Hall–Kier alpha value is -2.01. The van der Waals surface area contributed by atoms with Gasteiger partial charge >= 0.3 is 6.18 Å². The number of hydrogen-bond donors (Lipinski definition) is 1. The number of nitrogens with one attached hydrogen (secondary N) is 1. The third kappa shape index (κ3) is 4.49. The van der Waals surface area contributed by atoms with Gasteiger partial charge in [0.25, 0.3) is 0 Å². The third-order valence-corrected chi connectivity index (χ3v) is 2.99. The minimum Gasteiger partial charge on any atom is -0.489 e. The highest BCUT2D eigenvalue weighted by Gasteiger charge is 2.29. The zero-order chi connectivity index (χ0) is 15.3. The van der Waals surface area contributed by atoms with E-state index in [1.807, 2.05) is 31.3 Å². The topological polar surface area (TPSA) is 21.3 Å². The van der Waals surface area contributed by atoms with Crippen LogP contribution < -0.4 is 10.1 Å². The van der Waals surface area contributed by atoms with Gasteiger partial charge in [-0.25, -0.2) is 0 Å². The van der Waals surface area contributed by atoms with E-state index in [2.05, 4.69) is 5.32 Å². The summed E-state index contributed by atoms with van der Waals surface area (Å²) in [5, 5.41) is 3.06. The van der Waals surface area contributed by atoms with Crippen LogP contribution >= 0.6 is 0 Å². The Kier molecular flexibility index (Phi) is 4.85. The second kappa shape index (κ2) is 6.63. The summed E-state index contributed by atoms with van der Waals surface area (Å²) in [4.78, 5) is 0. The van der Waals surface area contributed by atoms with Gasteiger partial charge in [-0.1, -0.05) is 24.3 Å². The van der Waals surface area contributed by atoms with Crippen molar-refractivity contribution in [1.82, 2.24) is 5.32 Å². The summed E-state index contributed by atoms with van der Waals surface area (Å²) < 4.78 is 42.8. The highest BCUT2D eigenvalue weighted by molar-refractivity contribution is 5.29. The van der Waals surface area contributed by atoms with Crippen LogP contribution in [0.25, 0.3) is 0 Å². The van der Waals surface area contributed by atoms with Gasteiger partial charge < -0.3 is 10.1 Å². The molecule has 0 bridgehead atoms. The normalized spacial score (nSPS) is 11.4. The Bertz CT molecular complexity index is 562. The maximum atomic E-state index is 12.4. The molecule has 2 rings (SSSR count). The van der Waals surface area contributed by atoms with E-state index >= 15 is 0 Å². The van der Waals surface area contributed by atoms with E-state index in [4.69, 9.17) is 4.74 Å². The molecule has 0 aliphatic carbocycles. The first kappa shape index (κ1) is 15.4. The van der Waals surface area contributed by atoms with E-state index in [1.54, 1.807) is 0 Å². The minimum atomic E-state index is -4.32. The molecule has 0 heterocycles. The molecular weight excluding hydrogens is 279 g/mol. The highest BCUT2D eigenvalue weighted by Crippen LogP contribution is 2.30. The first-order chi connectivity index (χ1) is 9.99. The van der Waals surface area contributed by atoms with Crippen LogP contribution in [0.3, 0.4) is 0 Å². The van der Waals surface area contributed by atoms with Crippen molar-refractivity contribution in [3.63, 3.8) is 0 Å². The molecule has 0 fully saturated rings. The minimum absolute atomic E-state index is 0.325. The standard InChI is InChI=1S/C16H16F3NO/c1-20-10-12-2-4-13(5-3-12)11-21-15-8-6-14(7-9-15)16(17,18)19/h2-9,20H,10-11H2,1H3. The third-order valence-electron chi connectivity index (χ3n) is 2.99. The fourth-order valence-corrected chi connectivity index (χ4v) is 1.86. The van der Waals surface area contributed by atoms with Gasteiger partial charge in [0, 0.05) is 6.54 Å². The average Bonchev–Trinajstić information content (AvgIpc) is 2.46. The Morgan fingerprint density at radius 1 is 0.905 bits per heavy atom. The Morgan fingerprint density at radius 3 is 2.00 bits per heavy atom. The summed E-state index contributed by atoms with van der Waals surface area (Å²) >= 11 is 0. The molecule has 0 saturated carbocycles. The summed E-state index contributed by atoms with van der Waals surface area (Å²) in [6.07, 6.45) is -4.32. The summed E-state index contributed by atoms with van der Waals surface area (Å²) in [5.41, 5.74) is 1.46. The maximum Gasteiger partial charge on any atom is 0.416 e. The molecule has 0 saturated heterocycles. The highest BCUT2D eigenvalue weighted by atomic mass is 19.4. The van der Waals surface area contributed by atoms with E-state index < -0.39 is 11.7 Å². The molecular formula is C16H16F3NO. The van der Waals surface area contributed by atoms with Gasteiger partial charge in [-0.2, -0.15) is 13.2 Å². The Morgan fingerprint density at radius 2 is 1.48 bits per heavy atom. The Balaban J connectivity index is 1.93. The van der Waals surface area contributed by atoms with Crippen LogP contribution in [0.2, 0.25) is 0 Å². The van der Waals surface area contributed by atoms with Crippen molar-refractivity contribution in [3.8, 4) is 5.75 Å². The molecule has 0 spiro atoms. The van der Waals surface area contributed by atoms with Crippen LogP contribution in [0.15, 0.2) is 48.5 Å². The van der Waals surface area contributed by atoms with Crippen molar-refractivity contribution in [2.45, 2.75) is 19.3 Å². The van der Waals surface area contributed by atoms with Gasteiger partial charge in [0.1, 0.15) is 12.4 Å². The number of rotatable bonds is 5. The van der Waals surface area contributed by atoms with E-state index in [0.717, 1.165) is 29.8 Å². The molecule has 0 aliphatic rings. The SMILES string of the molecule is CNCc1ccc(COc2ccc(C(F)(F)F)cc2)cc1. The predicted octanol–water partition coefficient (Wildman–Crippen LogP) is 4.00. The van der Waals surface area contributed by atoms with E-state index in [1.165, 1.54) is 12.1 Å². The molecule has 0 amide bonds. The van der Waals surface area contributed by atoms with E-state index in [9.17, 15) is 13.2 Å². The smallest absolute Gasteiger partial charge is 0.416 e. The molecule has 0 aromatic heterocycles. The molecule has 21 heavy (non-hydrogen) atoms. The van der Waals surface area contributed by atoms with Crippen LogP contribution in [0.5, 0.6) is 5.75 Å². The van der Waals surface area contributed by atoms with Crippen LogP contribution in [0, 0.1) is 0 Å². The fraction of sp³-hybridized carbons (Fsp3) is 0.250. The van der Waals surface area contributed by atoms with Crippen molar-refractivity contribution in [2.75, 3.05) is 7.05 Å². The number of halogens is 3. The molecule has 0 aliphatic heterocycles. The van der Waals surface area contributed by atoms with Crippen molar-refractivity contribution < 1.29 is 17.9 Å². The van der Waals surface area contributed by atoms with E-state index in [0.29, 0.717) is 12.4 Å². The molecule has 0 radical (unpaired) electrons. The second-order valence-electron chi connectivity index (χ2n) is 4.66. The molecule has 2 aromatic carbocycles. The van der Waals surface area contributed by atoms with Crippen LogP contribution in [0.1, 0.15) is 16.7 Å². The molecule has 0 unspecified atom stereocenters. The second-order valence-corrected chi connectivity index (χ2v) is 4.66. The van der Waals surface area contributed by atoms with Gasteiger partial charge in [0.05, 0.1) is 5.56 Å². The summed E-state index contributed by atoms with van der Waals surface area (Å²) in [6, 6.07) is 12.6. The first-order valence-electron chi connectivity index (χ1n) is 6.51. The van der Waals surface area contributed by atoms with Gasteiger partial charge in [0.2, 0.25) is 0 Å². The average molecular weight is 295 g/mol. The van der Waals surface area contributed by atoms with Crippen molar-refractivity contribution in [2.24, 2.45) is 0 Å². The molecule has 0 atom stereocenters. The van der Waals surface area contributed by atoms with Gasteiger partial charge in [-0.15, -0.1) is 0 Å². The van der Waals surface area contributed by atoms with Crippen LogP contribution in [0.4, 0.5) is 13.2 Å². The molecule has 5 heteroatoms. The fourth-order valence-electron chi connectivity index (χ4n) is 1.86. The molecule has 2 aromatic rings.